The molecule has 1 fully saturated rings. The quantitative estimate of drug-likeness (QED) is 0.913. The Labute approximate surface area is 124 Å². The van der Waals surface area contributed by atoms with E-state index < -0.39 is 0 Å². The van der Waals surface area contributed by atoms with Gasteiger partial charge in [-0.2, -0.15) is 5.10 Å². The van der Waals surface area contributed by atoms with E-state index in [1.165, 1.54) is 5.56 Å². The van der Waals surface area contributed by atoms with Crippen molar-refractivity contribution in [2.24, 2.45) is 0 Å². The number of benzene rings is 1. The van der Waals surface area contributed by atoms with E-state index in [4.69, 9.17) is 11.6 Å². The predicted molar refractivity (Wildman–Crippen MR) is 81.8 cm³/mol. The molecule has 0 aliphatic carbocycles. The Morgan fingerprint density at radius 3 is 2.90 bits per heavy atom. The third-order valence-electron chi connectivity index (χ3n) is 3.70. The number of nitrogens with zero attached hydrogens (tertiary/aromatic N) is 2. The van der Waals surface area contributed by atoms with E-state index >= 15 is 0 Å². The average Bonchev–Trinajstić information content (AvgIpc) is 2.88. The number of H-pyrrole nitrogens is 1. The van der Waals surface area contributed by atoms with E-state index in [1.54, 1.807) is 0 Å². The van der Waals surface area contributed by atoms with Crippen molar-refractivity contribution in [3.8, 4) is 11.3 Å². The standard InChI is InChI=1S/C15H19ClN4/c1-11-9-20(7-6-17-11)10-13-8-18-19-15(13)12-2-4-14(16)5-3-12/h2-5,8,11,17H,6-7,9-10H2,1H3,(H,18,19)/t11-/m1/s1. The molecule has 0 spiro atoms. The van der Waals surface area contributed by atoms with Crippen molar-refractivity contribution in [1.29, 1.82) is 0 Å². The number of hydrogen-bond acceptors (Lipinski definition) is 3. The van der Waals surface area contributed by atoms with Crippen LogP contribution in [0.15, 0.2) is 30.5 Å². The molecule has 20 heavy (non-hydrogen) atoms. The first-order valence-corrected chi connectivity index (χ1v) is 7.34. The van der Waals surface area contributed by atoms with Gasteiger partial charge in [-0.1, -0.05) is 23.7 Å². The van der Waals surface area contributed by atoms with Crippen LogP contribution in [-0.4, -0.2) is 40.8 Å². The Morgan fingerprint density at radius 2 is 2.15 bits per heavy atom. The molecule has 2 N–H and O–H groups in total. The normalized spacial score (nSPS) is 20.2. The zero-order chi connectivity index (χ0) is 13.9. The summed E-state index contributed by atoms with van der Waals surface area (Å²) in [7, 11) is 0. The van der Waals surface area contributed by atoms with Crippen molar-refractivity contribution in [2.45, 2.75) is 19.5 Å². The van der Waals surface area contributed by atoms with Crippen LogP contribution in [0.2, 0.25) is 5.02 Å². The second kappa shape index (κ2) is 5.95. The van der Waals surface area contributed by atoms with E-state index in [1.807, 2.05) is 30.5 Å². The molecular formula is C15H19ClN4. The largest absolute Gasteiger partial charge is 0.312 e. The number of halogens is 1. The lowest BCUT2D eigenvalue weighted by atomic mass is 10.1. The third kappa shape index (κ3) is 3.03. The highest BCUT2D eigenvalue weighted by molar-refractivity contribution is 6.30. The molecule has 2 aromatic rings. The van der Waals surface area contributed by atoms with Crippen LogP contribution in [0.4, 0.5) is 0 Å². The molecule has 0 radical (unpaired) electrons. The highest BCUT2D eigenvalue weighted by atomic mass is 35.5. The molecule has 1 saturated heterocycles. The summed E-state index contributed by atoms with van der Waals surface area (Å²) in [5.74, 6) is 0. The number of aromatic amines is 1. The van der Waals surface area contributed by atoms with Gasteiger partial charge in [0.05, 0.1) is 11.9 Å². The summed E-state index contributed by atoms with van der Waals surface area (Å²) in [6, 6.07) is 8.43. The number of aromatic nitrogens is 2. The number of rotatable bonds is 3. The maximum Gasteiger partial charge on any atom is 0.0695 e. The third-order valence-corrected chi connectivity index (χ3v) is 3.95. The fourth-order valence-electron chi connectivity index (χ4n) is 2.69. The summed E-state index contributed by atoms with van der Waals surface area (Å²) in [6.45, 7) is 6.36. The molecule has 106 valence electrons. The molecule has 3 rings (SSSR count). The van der Waals surface area contributed by atoms with E-state index in [0.717, 1.165) is 42.5 Å². The molecule has 0 amide bonds. The lowest BCUT2D eigenvalue weighted by Gasteiger charge is -2.31. The average molecular weight is 291 g/mol. The molecule has 2 heterocycles. The molecule has 0 unspecified atom stereocenters. The van der Waals surface area contributed by atoms with Crippen LogP contribution in [0.25, 0.3) is 11.3 Å². The minimum Gasteiger partial charge on any atom is -0.312 e. The second-order valence-electron chi connectivity index (χ2n) is 5.37. The van der Waals surface area contributed by atoms with Gasteiger partial charge in [-0.3, -0.25) is 10.00 Å². The zero-order valence-corrected chi connectivity index (χ0v) is 12.3. The minimum absolute atomic E-state index is 0.551. The van der Waals surface area contributed by atoms with E-state index in [2.05, 4.69) is 27.3 Å². The van der Waals surface area contributed by atoms with Gasteiger partial charge in [0, 0.05) is 42.8 Å². The molecule has 1 aromatic carbocycles. The van der Waals surface area contributed by atoms with Gasteiger partial charge in [-0.25, -0.2) is 0 Å². The molecule has 0 bridgehead atoms. The monoisotopic (exact) mass is 290 g/mol. The molecule has 1 atom stereocenters. The Hall–Kier alpha value is -1.36. The second-order valence-corrected chi connectivity index (χ2v) is 5.80. The van der Waals surface area contributed by atoms with E-state index in [0.29, 0.717) is 6.04 Å². The Kier molecular flexibility index (Phi) is 4.05. The van der Waals surface area contributed by atoms with Crippen molar-refractivity contribution in [2.75, 3.05) is 19.6 Å². The molecule has 1 aromatic heterocycles. The van der Waals surface area contributed by atoms with Gasteiger partial charge < -0.3 is 5.32 Å². The van der Waals surface area contributed by atoms with E-state index in [-0.39, 0.29) is 0 Å². The fraction of sp³-hybridized carbons (Fsp3) is 0.400. The predicted octanol–water partition coefficient (Wildman–Crippen LogP) is 2.52. The van der Waals surface area contributed by atoms with Crippen LogP contribution in [0.5, 0.6) is 0 Å². The first-order chi connectivity index (χ1) is 9.72. The summed E-state index contributed by atoms with van der Waals surface area (Å²) < 4.78 is 0. The fourth-order valence-corrected chi connectivity index (χ4v) is 2.82. The topological polar surface area (TPSA) is 44.0 Å². The summed E-state index contributed by atoms with van der Waals surface area (Å²) in [5.41, 5.74) is 3.46. The van der Waals surface area contributed by atoms with Gasteiger partial charge in [0.15, 0.2) is 0 Å². The maximum absolute atomic E-state index is 5.94. The molecular weight excluding hydrogens is 272 g/mol. The van der Waals surface area contributed by atoms with Gasteiger partial charge in [0.2, 0.25) is 0 Å². The smallest absolute Gasteiger partial charge is 0.0695 e. The Morgan fingerprint density at radius 1 is 1.35 bits per heavy atom. The molecule has 4 nitrogen and oxygen atoms in total. The highest BCUT2D eigenvalue weighted by Crippen LogP contribution is 2.24. The number of piperazine rings is 1. The molecule has 0 saturated carbocycles. The van der Waals surface area contributed by atoms with Gasteiger partial charge in [0.25, 0.3) is 0 Å². The molecule has 5 heteroatoms. The molecule has 1 aliphatic heterocycles. The zero-order valence-electron chi connectivity index (χ0n) is 11.6. The Balaban J connectivity index is 1.78. The van der Waals surface area contributed by atoms with Gasteiger partial charge in [-0.05, 0) is 24.6 Å². The lowest BCUT2D eigenvalue weighted by molar-refractivity contribution is 0.200. The van der Waals surface area contributed by atoms with Gasteiger partial charge in [0.1, 0.15) is 0 Å². The van der Waals surface area contributed by atoms with Crippen LogP contribution in [-0.2, 0) is 6.54 Å². The van der Waals surface area contributed by atoms with Crippen molar-refractivity contribution >= 4 is 11.6 Å². The maximum atomic E-state index is 5.94. The van der Waals surface area contributed by atoms with Gasteiger partial charge >= 0.3 is 0 Å². The minimum atomic E-state index is 0.551. The van der Waals surface area contributed by atoms with Crippen LogP contribution >= 0.6 is 11.6 Å². The van der Waals surface area contributed by atoms with Crippen LogP contribution in [0, 0.1) is 0 Å². The Bertz CT molecular complexity index is 564. The van der Waals surface area contributed by atoms with Crippen molar-refractivity contribution in [3.63, 3.8) is 0 Å². The van der Waals surface area contributed by atoms with Crippen LogP contribution < -0.4 is 5.32 Å². The van der Waals surface area contributed by atoms with Crippen LogP contribution in [0.3, 0.4) is 0 Å². The molecule has 1 aliphatic rings. The SMILES string of the molecule is C[C@@H]1CN(Cc2cn[nH]c2-c2ccc(Cl)cc2)CCN1. The summed E-state index contributed by atoms with van der Waals surface area (Å²) >= 11 is 5.94. The van der Waals surface area contributed by atoms with Crippen molar-refractivity contribution < 1.29 is 0 Å². The van der Waals surface area contributed by atoms with Crippen LogP contribution in [0.1, 0.15) is 12.5 Å². The summed E-state index contributed by atoms with van der Waals surface area (Å²) in [4.78, 5) is 2.46. The highest BCUT2D eigenvalue weighted by Gasteiger charge is 2.18. The summed E-state index contributed by atoms with van der Waals surface area (Å²) in [5, 5.41) is 11.5. The summed E-state index contributed by atoms with van der Waals surface area (Å²) in [6.07, 6.45) is 1.93. The number of nitrogens with one attached hydrogen (secondary N) is 2. The van der Waals surface area contributed by atoms with Gasteiger partial charge in [-0.15, -0.1) is 0 Å². The first-order valence-electron chi connectivity index (χ1n) is 6.96. The number of hydrogen-bond donors (Lipinski definition) is 2. The van der Waals surface area contributed by atoms with Crippen molar-refractivity contribution in [1.82, 2.24) is 20.4 Å². The van der Waals surface area contributed by atoms with Crippen molar-refractivity contribution in [3.05, 3.63) is 41.0 Å². The first kappa shape index (κ1) is 13.6. The van der Waals surface area contributed by atoms with E-state index in [9.17, 15) is 0 Å². The lowest BCUT2D eigenvalue weighted by Crippen LogP contribution is -2.48.